The number of sulfone groups is 1. The van der Waals surface area contributed by atoms with Crippen molar-refractivity contribution in [1.82, 2.24) is 10.4 Å². The lowest BCUT2D eigenvalue weighted by Gasteiger charge is -2.32. The summed E-state index contributed by atoms with van der Waals surface area (Å²) in [5, 5.41) is 19.8. The molecule has 206 valence electrons. The van der Waals surface area contributed by atoms with Gasteiger partial charge in [0.1, 0.15) is 22.0 Å². The van der Waals surface area contributed by atoms with Crippen LogP contribution in [0.25, 0.3) is 0 Å². The maximum atomic E-state index is 13.7. The van der Waals surface area contributed by atoms with Crippen LogP contribution in [0.5, 0.6) is 17.2 Å². The van der Waals surface area contributed by atoms with Crippen molar-refractivity contribution in [3.8, 4) is 17.2 Å². The normalized spacial score (nSPS) is 19.4. The first-order chi connectivity index (χ1) is 18.7. The smallest absolute Gasteiger partial charge is 0.256 e. The van der Waals surface area contributed by atoms with Gasteiger partial charge in [-0.15, -0.1) is 0 Å². The first-order valence-electron chi connectivity index (χ1n) is 12.3. The quantitative estimate of drug-likeness (QED) is 0.285. The fourth-order valence-electron chi connectivity index (χ4n) is 4.71. The molecule has 1 aliphatic heterocycles. The van der Waals surface area contributed by atoms with Crippen LogP contribution >= 0.6 is 0 Å². The van der Waals surface area contributed by atoms with Crippen molar-refractivity contribution in [2.75, 3.05) is 26.0 Å². The number of nitrogens with one attached hydrogen (secondary N) is 1. The fraction of sp³-hybridized carbons (Fsp3) is 0.286. The Morgan fingerprint density at radius 3 is 2.13 bits per heavy atom. The number of ether oxygens (including phenoxy) is 2. The molecule has 1 fully saturated rings. The number of nitrogens with zero attached hydrogens (tertiary/aromatic N) is 1. The standard InChI is InChI=1S/C28H30N2O8S/c1-37-22-11-13-24(14-12-22)38-23-9-7-21(8-10-23)28(19-25(31)29-34)15-16-30(17-18-39(28,35)36)27(33)26(32)20-5-3-2-4-6-20/h2-14,26,32,34H,15-19H2,1H3,(H,29,31)/t26-,28?/m0/s1. The van der Waals surface area contributed by atoms with Crippen LogP contribution in [0, 0.1) is 0 Å². The van der Waals surface area contributed by atoms with Gasteiger partial charge in [-0.1, -0.05) is 42.5 Å². The Labute approximate surface area is 226 Å². The molecule has 1 heterocycles. The molecule has 2 amide bonds. The highest BCUT2D eigenvalue weighted by Gasteiger charge is 2.49. The van der Waals surface area contributed by atoms with Crippen LogP contribution in [-0.2, 0) is 24.2 Å². The molecule has 1 unspecified atom stereocenters. The number of methoxy groups -OCH3 is 1. The fourth-order valence-corrected chi connectivity index (χ4v) is 6.81. The number of carbonyl (C=O) groups excluding carboxylic acids is 2. The summed E-state index contributed by atoms with van der Waals surface area (Å²) in [6.45, 7) is -0.170. The molecule has 0 bridgehead atoms. The first kappa shape index (κ1) is 28.1. The van der Waals surface area contributed by atoms with E-state index in [0.29, 0.717) is 28.4 Å². The zero-order chi connectivity index (χ0) is 28.0. The van der Waals surface area contributed by atoms with Crippen molar-refractivity contribution in [2.45, 2.75) is 23.7 Å². The lowest BCUT2D eigenvalue weighted by atomic mass is 9.90. The summed E-state index contributed by atoms with van der Waals surface area (Å²) in [5.41, 5.74) is 2.25. The van der Waals surface area contributed by atoms with Crippen molar-refractivity contribution in [3.05, 3.63) is 90.0 Å². The molecule has 2 atom stereocenters. The third kappa shape index (κ3) is 6.06. The van der Waals surface area contributed by atoms with Gasteiger partial charge in [0.2, 0.25) is 5.91 Å². The third-order valence-corrected chi connectivity index (χ3v) is 9.41. The lowest BCUT2D eigenvalue weighted by Crippen LogP contribution is -2.42. The molecule has 1 saturated heterocycles. The highest BCUT2D eigenvalue weighted by molar-refractivity contribution is 7.92. The third-order valence-electron chi connectivity index (χ3n) is 6.92. The zero-order valence-electron chi connectivity index (χ0n) is 21.3. The van der Waals surface area contributed by atoms with Crippen LogP contribution in [0.4, 0.5) is 0 Å². The topological polar surface area (TPSA) is 142 Å². The van der Waals surface area contributed by atoms with E-state index in [9.17, 15) is 28.3 Å². The molecule has 0 aliphatic carbocycles. The highest BCUT2D eigenvalue weighted by atomic mass is 32.2. The largest absolute Gasteiger partial charge is 0.497 e. The molecular formula is C28H30N2O8S. The van der Waals surface area contributed by atoms with Crippen LogP contribution in [-0.4, -0.2) is 61.4 Å². The Morgan fingerprint density at radius 2 is 1.54 bits per heavy atom. The van der Waals surface area contributed by atoms with Crippen molar-refractivity contribution in [1.29, 1.82) is 0 Å². The average Bonchev–Trinajstić information content (AvgIpc) is 3.09. The van der Waals surface area contributed by atoms with E-state index in [2.05, 4.69) is 0 Å². The van der Waals surface area contributed by atoms with Gasteiger partial charge in [-0.05, 0) is 53.9 Å². The molecule has 0 spiro atoms. The summed E-state index contributed by atoms with van der Waals surface area (Å²) in [6, 6.07) is 21.6. The molecular weight excluding hydrogens is 524 g/mol. The molecule has 0 saturated carbocycles. The summed E-state index contributed by atoms with van der Waals surface area (Å²) in [7, 11) is -2.46. The summed E-state index contributed by atoms with van der Waals surface area (Å²) in [5.74, 6) is -0.263. The van der Waals surface area contributed by atoms with Gasteiger partial charge < -0.3 is 19.5 Å². The SMILES string of the molecule is COc1ccc(Oc2ccc(C3(CC(=O)NO)CCN(C(=O)[C@@H](O)c4ccccc4)CCS3(=O)=O)cc2)cc1. The molecule has 3 aromatic carbocycles. The number of hydrogen-bond acceptors (Lipinski definition) is 8. The predicted octanol–water partition coefficient (Wildman–Crippen LogP) is 2.96. The second kappa shape index (κ2) is 11.9. The predicted molar refractivity (Wildman–Crippen MR) is 142 cm³/mol. The van der Waals surface area contributed by atoms with Crippen LogP contribution in [0.15, 0.2) is 78.9 Å². The number of carbonyl (C=O) groups is 2. The molecule has 3 N–H and O–H groups in total. The molecule has 0 radical (unpaired) electrons. The summed E-state index contributed by atoms with van der Waals surface area (Å²) < 4.78 is 36.7. The van der Waals surface area contributed by atoms with E-state index in [4.69, 9.17) is 9.47 Å². The first-order valence-corrected chi connectivity index (χ1v) is 13.9. The van der Waals surface area contributed by atoms with Gasteiger partial charge in [0.05, 0.1) is 19.3 Å². The van der Waals surface area contributed by atoms with Gasteiger partial charge in [0.25, 0.3) is 5.91 Å². The van der Waals surface area contributed by atoms with Crippen LogP contribution in [0.3, 0.4) is 0 Å². The van der Waals surface area contributed by atoms with Crippen molar-refractivity contribution in [3.63, 3.8) is 0 Å². The zero-order valence-corrected chi connectivity index (χ0v) is 22.1. The van der Waals surface area contributed by atoms with E-state index in [1.807, 2.05) is 0 Å². The average molecular weight is 555 g/mol. The summed E-state index contributed by atoms with van der Waals surface area (Å²) >= 11 is 0. The Kier molecular flexibility index (Phi) is 8.54. The molecule has 3 aromatic rings. The van der Waals surface area contributed by atoms with Gasteiger partial charge in [0, 0.05) is 13.1 Å². The van der Waals surface area contributed by atoms with Crippen LogP contribution in [0.2, 0.25) is 0 Å². The Morgan fingerprint density at radius 1 is 0.949 bits per heavy atom. The van der Waals surface area contributed by atoms with Crippen LogP contribution in [0.1, 0.15) is 30.1 Å². The highest BCUT2D eigenvalue weighted by Crippen LogP contribution is 2.41. The van der Waals surface area contributed by atoms with Gasteiger partial charge in [-0.2, -0.15) is 0 Å². The monoisotopic (exact) mass is 554 g/mol. The van der Waals surface area contributed by atoms with Gasteiger partial charge in [-0.3, -0.25) is 14.8 Å². The van der Waals surface area contributed by atoms with Crippen LogP contribution < -0.4 is 15.0 Å². The number of rotatable bonds is 8. The molecule has 0 aromatic heterocycles. The number of aliphatic hydroxyl groups is 1. The molecule has 11 heteroatoms. The van der Waals surface area contributed by atoms with Gasteiger partial charge in [0.15, 0.2) is 15.9 Å². The maximum Gasteiger partial charge on any atom is 0.256 e. The lowest BCUT2D eigenvalue weighted by molar-refractivity contribution is -0.140. The van der Waals surface area contributed by atoms with E-state index >= 15 is 0 Å². The number of amides is 2. The van der Waals surface area contributed by atoms with E-state index < -0.39 is 44.7 Å². The van der Waals surface area contributed by atoms with E-state index in [0.717, 1.165) is 0 Å². The Bertz CT molecular complexity index is 1400. The van der Waals surface area contributed by atoms with Crippen molar-refractivity contribution >= 4 is 21.7 Å². The Hall–Kier alpha value is -3.93. The Balaban J connectivity index is 1.61. The molecule has 39 heavy (non-hydrogen) atoms. The second-order valence-electron chi connectivity index (χ2n) is 9.22. The number of hydroxylamine groups is 1. The molecule has 10 nitrogen and oxygen atoms in total. The molecule has 4 rings (SSSR count). The summed E-state index contributed by atoms with van der Waals surface area (Å²) in [6.07, 6.45) is -2.11. The minimum Gasteiger partial charge on any atom is -0.497 e. The molecule has 1 aliphatic rings. The second-order valence-corrected chi connectivity index (χ2v) is 11.6. The minimum absolute atomic E-state index is 0.0231. The van der Waals surface area contributed by atoms with E-state index in [1.54, 1.807) is 86.0 Å². The van der Waals surface area contributed by atoms with Gasteiger partial charge >= 0.3 is 0 Å². The minimum atomic E-state index is -4.02. The number of aliphatic hydroxyl groups excluding tert-OH is 1. The van der Waals surface area contributed by atoms with E-state index in [1.165, 1.54) is 10.4 Å². The van der Waals surface area contributed by atoms with Crippen molar-refractivity contribution < 1.29 is 37.8 Å². The van der Waals surface area contributed by atoms with Crippen molar-refractivity contribution in [2.24, 2.45) is 0 Å². The maximum absolute atomic E-state index is 13.7. The number of benzene rings is 3. The number of hydrogen-bond donors (Lipinski definition) is 3. The van der Waals surface area contributed by atoms with E-state index in [-0.39, 0.29) is 19.5 Å². The summed E-state index contributed by atoms with van der Waals surface area (Å²) in [4.78, 5) is 26.7. The van der Waals surface area contributed by atoms with Gasteiger partial charge in [-0.25, -0.2) is 13.9 Å².